The largest absolute Gasteiger partial charge is 0.476 e. The van der Waals surface area contributed by atoms with Gasteiger partial charge in [-0.1, -0.05) is 13.0 Å². The highest BCUT2D eigenvalue weighted by Gasteiger charge is 2.25. The molecule has 0 spiro atoms. The Kier molecular flexibility index (Phi) is 9.00. The van der Waals surface area contributed by atoms with Gasteiger partial charge in [0, 0.05) is 25.5 Å². The molecule has 1 aliphatic rings. The van der Waals surface area contributed by atoms with Crippen LogP contribution in [0, 0.1) is 0 Å². The fraction of sp³-hybridized carbons (Fsp3) is 0.516. The highest BCUT2D eigenvalue weighted by atomic mass is 16.5. The molecule has 0 unspecified atom stereocenters. The first-order chi connectivity index (χ1) is 20.2. The van der Waals surface area contributed by atoms with Crippen molar-refractivity contribution in [2.24, 2.45) is 7.05 Å². The van der Waals surface area contributed by atoms with Crippen LogP contribution < -0.4 is 9.47 Å². The number of aromatic amines is 1. The number of likely N-dealkylation sites (N-methyl/N-ethyl adjacent to an activating group) is 1. The number of ether oxygens (including phenoxy) is 3. The van der Waals surface area contributed by atoms with Crippen LogP contribution in [0.15, 0.2) is 18.2 Å². The average molecular weight is 578 g/mol. The molecule has 0 saturated carbocycles. The van der Waals surface area contributed by atoms with Gasteiger partial charge in [-0.25, -0.2) is 4.68 Å². The fourth-order valence-electron chi connectivity index (χ4n) is 5.39. The number of aryl methyl sites for hydroxylation is 1. The molecule has 11 nitrogen and oxygen atoms in total. The number of hydrogen-bond acceptors (Lipinski definition) is 8. The number of aliphatic hydroxyl groups is 1. The summed E-state index contributed by atoms with van der Waals surface area (Å²) < 4.78 is 22.3. The Morgan fingerprint density at radius 2 is 1.98 bits per heavy atom. The van der Waals surface area contributed by atoms with Crippen molar-refractivity contribution in [3.63, 3.8) is 0 Å². The normalized spacial score (nSPS) is 17.5. The van der Waals surface area contributed by atoms with Crippen molar-refractivity contribution in [2.45, 2.75) is 79.6 Å². The minimum atomic E-state index is -0.562. The van der Waals surface area contributed by atoms with Crippen molar-refractivity contribution in [1.82, 2.24) is 34.7 Å². The molecule has 2 N–H and O–H groups in total. The van der Waals surface area contributed by atoms with E-state index in [2.05, 4.69) is 41.1 Å². The molecule has 42 heavy (non-hydrogen) atoms. The van der Waals surface area contributed by atoms with E-state index in [0.717, 1.165) is 51.2 Å². The molecule has 5 rings (SSSR count). The van der Waals surface area contributed by atoms with Crippen LogP contribution in [0.5, 0.6) is 11.8 Å². The second-order valence-electron chi connectivity index (χ2n) is 11.2. The molecule has 0 amide bonds. The summed E-state index contributed by atoms with van der Waals surface area (Å²) in [5.41, 5.74) is 6.32. The predicted molar refractivity (Wildman–Crippen MR) is 163 cm³/mol. The molecule has 0 saturated heterocycles. The number of aromatic nitrogens is 6. The summed E-state index contributed by atoms with van der Waals surface area (Å²) in [6.45, 7) is 15.3. The third kappa shape index (κ3) is 6.23. The number of nitrogens with one attached hydrogen (secondary N) is 1. The standard InChI is InChI=1S/C31H43N7O4/c1-8-37-16-21(6)42-31-29(27(34-36(31)7)18-41-19(3)4)22-10-12-25-24(14-22)26(33-32-25)13-11-23-28(17-37)38(15-20(5)39)35-30(23)40-9-2/h10-14,19-21,39H,8-9,15-18H2,1-7H3,(H,32,33)/b13-11+/t20-,21-/m0/s1. The maximum absolute atomic E-state index is 10.3. The van der Waals surface area contributed by atoms with E-state index in [1.807, 2.05) is 55.4 Å². The third-order valence-corrected chi connectivity index (χ3v) is 7.34. The van der Waals surface area contributed by atoms with E-state index in [9.17, 15) is 5.11 Å². The number of nitrogens with zero attached hydrogens (tertiary/aromatic N) is 6. The summed E-state index contributed by atoms with van der Waals surface area (Å²) >= 11 is 0. The van der Waals surface area contributed by atoms with Gasteiger partial charge in [0.05, 0.1) is 65.7 Å². The Hall–Kier alpha value is -3.67. The van der Waals surface area contributed by atoms with Crippen molar-refractivity contribution in [2.75, 3.05) is 19.7 Å². The minimum absolute atomic E-state index is 0.0731. The summed E-state index contributed by atoms with van der Waals surface area (Å²) in [5, 5.41) is 28.6. The fourth-order valence-corrected chi connectivity index (χ4v) is 5.39. The number of hydrogen-bond donors (Lipinski definition) is 2. The molecule has 2 atom stereocenters. The van der Waals surface area contributed by atoms with Gasteiger partial charge >= 0.3 is 0 Å². The van der Waals surface area contributed by atoms with E-state index < -0.39 is 6.10 Å². The Morgan fingerprint density at radius 3 is 2.69 bits per heavy atom. The van der Waals surface area contributed by atoms with E-state index in [-0.39, 0.29) is 12.2 Å². The summed E-state index contributed by atoms with van der Waals surface area (Å²) in [6.07, 6.45) is 3.43. The number of aliphatic hydroxyl groups excluding tert-OH is 1. The van der Waals surface area contributed by atoms with Gasteiger partial charge in [0.2, 0.25) is 11.8 Å². The molecule has 11 heteroatoms. The molecule has 1 aromatic carbocycles. The van der Waals surface area contributed by atoms with Crippen LogP contribution >= 0.6 is 0 Å². The van der Waals surface area contributed by atoms with Crippen LogP contribution in [-0.2, 0) is 31.5 Å². The first kappa shape index (κ1) is 29.8. The lowest BCUT2D eigenvalue weighted by Crippen LogP contribution is -2.35. The smallest absolute Gasteiger partial charge is 0.240 e. The van der Waals surface area contributed by atoms with Gasteiger partial charge in [-0.3, -0.25) is 14.7 Å². The Bertz CT molecular complexity index is 1550. The van der Waals surface area contributed by atoms with Crippen LogP contribution in [0.2, 0.25) is 0 Å². The highest BCUT2D eigenvalue weighted by molar-refractivity contribution is 5.93. The summed E-state index contributed by atoms with van der Waals surface area (Å²) in [4.78, 5) is 2.32. The van der Waals surface area contributed by atoms with E-state index in [1.165, 1.54) is 0 Å². The number of rotatable bonds is 8. The average Bonchev–Trinajstić information content (AvgIpc) is 3.58. The van der Waals surface area contributed by atoms with Gasteiger partial charge in [0.25, 0.3) is 0 Å². The number of benzene rings is 1. The summed E-state index contributed by atoms with van der Waals surface area (Å²) in [6, 6.07) is 6.21. The molecule has 4 aromatic rings. The Balaban J connectivity index is 1.70. The van der Waals surface area contributed by atoms with Gasteiger partial charge in [-0.2, -0.15) is 10.2 Å². The van der Waals surface area contributed by atoms with Gasteiger partial charge in [-0.05, 0) is 71.0 Å². The Labute approximate surface area is 247 Å². The molecule has 226 valence electrons. The van der Waals surface area contributed by atoms with Crippen molar-refractivity contribution >= 4 is 23.1 Å². The topological polar surface area (TPSA) is 115 Å². The van der Waals surface area contributed by atoms with Crippen molar-refractivity contribution in [3.05, 3.63) is 40.8 Å². The van der Waals surface area contributed by atoms with E-state index in [1.54, 1.807) is 6.92 Å². The molecule has 1 aliphatic heterocycles. The van der Waals surface area contributed by atoms with Crippen LogP contribution in [-0.4, -0.2) is 77.8 Å². The molecule has 4 heterocycles. The summed E-state index contributed by atoms with van der Waals surface area (Å²) in [7, 11) is 1.91. The van der Waals surface area contributed by atoms with Crippen molar-refractivity contribution < 1.29 is 19.3 Å². The molecule has 0 aliphatic carbocycles. The zero-order valence-corrected chi connectivity index (χ0v) is 25.7. The first-order valence-electron chi connectivity index (χ1n) is 14.8. The number of fused-ring (bicyclic) bond motifs is 4. The lowest BCUT2D eigenvalue weighted by molar-refractivity contribution is 0.0636. The first-order valence-corrected chi connectivity index (χ1v) is 14.8. The SMILES string of the molecule is CCOc1nn(C[C@H](C)O)c2c1/C=C/c1[nH]nc3ccc(cc13)-c1c(COC(C)C)nn(C)c1O[C@@H](C)CN(CC)C2. The van der Waals surface area contributed by atoms with Gasteiger partial charge < -0.3 is 19.3 Å². The van der Waals surface area contributed by atoms with Crippen LogP contribution in [0.3, 0.4) is 0 Å². The maximum atomic E-state index is 10.3. The van der Waals surface area contributed by atoms with Gasteiger partial charge in [0.15, 0.2) is 0 Å². The van der Waals surface area contributed by atoms with Crippen molar-refractivity contribution in [3.8, 4) is 22.9 Å². The quantitative estimate of drug-likeness (QED) is 0.311. The van der Waals surface area contributed by atoms with Crippen LogP contribution in [0.4, 0.5) is 0 Å². The van der Waals surface area contributed by atoms with Crippen LogP contribution in [0.25, 0.3) is 34.2 Å². The second-order valence-corrected chi connectivity index (χ2v) is 11.2. The van der Waals surface area contributed by atoms with Crippen molar-refractivity contribution in [1.29, 1.82) is 0 Å². The van der Waals surface area contributed by atoms with Gasteiger partial charge in [0.1, 0.15) is 6.10 Å². The second kappa shape index (κ2) is 12.7. The molecule has 0 radical (unpaired) electrons. The van der Waals surface area contributed by atoms with E-state index in [0.29, 0.717) is 44.6 Å². The predicted octanol–water partition coefficient (Wildman–Crippen LogP) is 4.64. The molecule has 2 bridgehead atoms. The molecule has 0 fully saturated rings. The molecular formula is C31H43N7O4. The Morgan fingerprint density at radius 1 is 1.17 bits per heavy atom. The third-order valence-electron chi connectivity index (χ3n) is 7.34. The van der Waals surface area contributed by atoms with E-state index in [4.69, 9.17) is 24.4 Å². The minimum Gasteiger partial charge on any atom is -0.476 e. The monoisotopic (exact) mass is 577 g/mol. The molecule has 3 aromatic heterocycles. The lowest BCUT2D eigenvalue weighted by Gasteiger charge is -2.26. The zero-order valence-electron chi connectivity index (χ0n) is 25.7. The van der Waals surface area contributed by atoms with Crippen LogP contribution in [0.1, 0.15) is 64.2 Å². The molecular weight excluding hydrogens is 534 g/mol. The summed E-state index contributed by atoms with van der Waals surface area (Å²) in [5.74, 6) is 1.25. The zero-order chi connectivity index (χ0) is 30.0. The van der Waals surface area contributed by atoms with E-state index >= 15 is 0 Å². The highest BCUT2D eigenvalue weighted by Crippen LogP contribution is 2.37. The maximum Gasteiger partial charge on any atom is 0.240 e. The van der Waals surface area contributed by atoms with Gasteiger partial charge in [-0.15, -0.1) is 5.10 Å². The lowest BCUT2D eigenvalue weighted by atomic mass is 10.0. The number of H-pyrrole nitrogens is 1.